The van der Waals surface area contributed by atoms with Crippen LogP contribution in [-0.2, 0) is 10.9 Å². The third kappa shape index (κ3) is 4.43. The second-order valence-electron chi connectivity index (χ2n) is 7.05. The molecule has 3 aromatic carbocycles. The highest BCUT2D eigenvalue weighted by molar-refractivity contribution is 6.01. The molecular formula is C24H18F3N3O3. The molecule has 0 unspecified atom stereocenters. The van der Waals surface area contributed by atoms with Crippen molar-refractivity contribution in [3.63, 3.8) is 0 Å². The maximum Gasteiger partial charge on any atom is 0.420 e. The summed E-state index contributed by atoms with van der Waals surface area (Å²) in [6, 6.07) is 17.7. The number of methoxy groups -OCH3 is 2. The molecule has 0 aliphatic heterocycles. The molecule has 0 saturated carbocycles. The number of rotatable bonds is 5. The first-order chi connectivity index (χ1) is 15.8. The first-order valence-corrected chi connectivity index (χ1v) is 9.78. The highest BCUT2D eigenvalue weighted by Gasteiger charge is 2.34. The van der Waals surface area contributed by atoms with Gasteiger partial charge in [-0.05, 0) is 30.3 Å². The van der Waals surface area contributed by atoms with Crippen LogP contribution in [0.1, 0.15) is 15.9 Å². The molecule has 0 amide bonds. The van der Waals surface area contributed by atoms with E-state index in [1.807, 2.05) is 12.1 Å². The number of hydrogen-bond donors (Lipinski definition) is 1. The largest absolute Gasteiger partial charge is 0.496 e. The van der Waals surface area contributed by atoms with E-state index in [2.05, 4.69) is 15.5 Å². The summed E-state index contributed by atoms with van der Waals surface area (Å²) in [4.78, 5) is 11.7. The van der Waals surface area contributed by atoms with Gasteiger partial charge in [-0.15, -0.1) is 10.2 Å². The van der Waals surface area contributed by atoms with Crippen molar-refractivity contribution in [3.05, 3.63) is 77.9 Å². The van der Waals surface area contributed by atoms with E-state index in [1.54, 1.807) is 36.4 Å². The molecule has 33 heavy (non-hydrogen) atoms. The predicted molar refractivity (Wildman–Crippen MR) is 118 cm³/mol. The lowest BCUT2D eigenvalue weighted by atomic mass is 10.0. The number of carbonyl (C=O) groups is 1. The molecule has 168 valence electrons. The number of fused-ring (bicyclic) bond motifs is 1. The number of nitrogens with zero attached hydrogens (tertiary/aromatic N) is 2. The minimum atomic E-state index is -4.57. The van der Waals surface area contributed by atoms with Crippen LogP contribution in [0.2, 0.25) is 0 Å². The molecule has 4 aromatic rings. The van der Waals surface area contributed by atoms with Crippen LogP contribution >= 0.6 is 0 Å². The average Bonchev–Trinajstić information content (AvgIpc) is 2.83. The summed E-state index contributed by atoms with van der Waals surface area (Å²) in [7, 11) is 2.49. The standard InChI is InChI=1S/C24H18F3N3O3/c1-32-20-12-11-16(13-19(20)24(25,26)27)28-22-18-6-4-3-5-17(18)21(29-30-22)14-7-9-15(10-8-14)23(31)33-2/h3-13H,1-2H3,(H,28,30). The van der Waals surface area contributed by atoms with E-state index in [0.717, 1.165) is 17.0 Å². The van der Waals surface area contributed by atoms with Gasteiger partial charge in [-0.1, -0.05) is 36.4 Å². The lowest BCUT2D eigenvalue weighted by molar-refractivity contribution is -0.138. The normalized spacial score (nSPS) is 11.3. The topological polar surface area (TPSA) is 73.3 Å². The summed E-state index contributed by atoms with van der Waals surface area (Å²) in [6.45, 7) is 0. The lowest BCUT2D eigenvalue weighted by Crippen LogP contribution is -2.08. The number of carbonyl (C=O) groups excluding carboxylic acids is 1. The zero-order valence-corrected chi connectivity index (χ0v) is 17.6. The van der Waals surface area contributed by atoms with Gasteiger partial charge < -0.3 is 14.8 Å². The first kappa shape index (κ1) is 22.1. The summed E-state index contributed by atoms with van der Waals surface area (Å²) in [5, 5.41) is 12.9. The number of benzene rings is 3. The van der Waals surface area contributed by atoms with Crippen molar-refractivity contribution in [1.29, 1.82) is 0 Å². The van der Waals surface area contributed by atoms with Crippen LogP contribution in [0.5, 0.6) is 5.75 Å². The van der Waals surface area contributed by atoms with E-state index in [4.69, 9.17) is 9.47 Å². The maximum absolute atomic E-state index is 13.4. The molecule has 0 radical (unpaired) electrons. The SMILES string of the molecule is COC(=O)c1ccc(-c2nnc(Nc3ccc(OC)c(C(F)(F)F)c3)c3ccccc23)cc1. The molecule has 0 aliphatic rings. The van der Waals surface area contributed by atoms with Crippen LogP contribution in [0.3, 0.4) is 0 Å². The Morgan fingerprint density at radius 1 is 0.909 bits per heavy atom. The number of anilines is 2. The van der Waals surface area contributed by atoms with Crippen molar-refractivity contribution in [2.75, 3.05) is 19.5 Å². The number of esters is 1. The fraction of sp³-hybridized carbons (Fsp3) is 0.125. The Bertz CT molecular complexity index is 1320. The highest BCUT2D eigenvalue weighted by atomic mass is 19.4. The quantitative estimate of drug-likeness (QED) is 0.382. The van der Waals surface area contributed by atoms with Gasteiger partial charge in [-0.2, -0.15) is 13.2 Å². The van der Waals surface area contributed by atoms with Gasteiger partial charge in [0, 0.05) is 22.0 Å². The first-order valence-electron chi connectivity index (χ1n) is 9.78. The van der Waals surface area contributed by atoms with Gasteiger partial charge in [0.25, 0.3) is 0 Å². The summed E-state index contributed by atoms with van der Waals surface area (Å²) in [5.41, 5.74) is 0.990. The maximum atomic E-state index is 13.4. The molecule has 0 aliphatic carbocycles. The number of nitrogens with one attached hydrogen (secondary N) is 1. The summed E-state index contributed by atoms with van der Waals surface area (Å²) in [6.07, 6.45) is -4.57. The number of ether oxygens (including phenoxy) is 2. The van der Waals surface area contributed by atoms with Crippen LogP contribution in [0, 0.1) is 0 Å². The molecule has 1 heterocycles. The Labute approximate surface area is 187 Å². The van der Waals surface area contributed by atoms with Crippen molar-refractivity contribution in [2.45, 2.75) is 6.18 Å². The van der Waals surface area contributed by atoms with Crippen molar-refractivity contribution >= 4 is 28.2 Å². The van der Waals surface area contributed by atoms with E-state index in [9.17, 15) is 18.0 Å². The highest BCUT2D eigenvalue weighted by Crippen LogP contribution is 2.39. The fourth-order valence-corrected chi connectivity index (χ4v) is 3.44. The minimum absolute atomic E-state index is 0.192. The van der Waals surface area contributed by atoms with Crippen LogP contribution in [0.25, 0.3) is 22.0 Å². The Morgan fingerprint density at radius 3 is 2.24 bits per heavy atom. The van der Waals surface area contributed by atoms with Gasteiger partial charge in [0.2, 0.25) is 0 Å². The lowest BCUT2D eigenvalue weighted by Gasteiger charge is -2.15. The van der Waals surface area contributed by atoms with E-state index in [1.165, 1.54) is 26.4 Å². The zero-order chi connectivity index (χ0) is 23.6. The van der Waals surface area contributed by atoms with Gasteiger partial charge in [0.1, 0.15) is 11.4 Å². The molecule has 9 heteroatoms. The zero-order valence-electron chi connectivity index (χ0n) is 17.6. The smallest absolute Gasteiger partial charge is 0.420 e. The monoisotopic (exact) mass is 453 g/mol. The summed E-state index contributed by atoms with van der Waals surface area (Å²) >= 11 is 0. The van der Waals surface area contributed by atoms with Crippen LogP contribution in [0.4, 0.5) is 24.7 Å². The van der Waals surface area contributed by atoms with E-state index >= 15 is 0 Å². The molecule has 1 aromatic heterocycles. The van der Waals surface area contributed by atoms with Gasteiger partial charge in [0.15, 0.2) is 5.82 Å². The number of halogens is 3. The van der Waals surface area contributed by atoms with Gasteiger partial charge in [-0.3, -0.25) is 0 Å². The fourth-order valence-electron chi connectivity index (χ4n) is 3.44. The molecule has 1 N–H and O–H groups in total. The van der Waals surface area contributed by atoms with Gasteiger partial charge >= 0.3 is 12.1 Å². The Morgan fingerprint density at radius 2 is 1.61 bits per heavy atom. The number of hydrogen-bond acceptors (Lipinski definition) is 6. The molecular weight excluding hydrogens is 435 g/mol. The third-order valence-corrected chi connectivity index (χ3v) is 5.03. The third-order valence-electron chi connectivity index (χ3n) is 5.03. The van der Waals surface area contributed by atoms with Crippen molar-refractivity contribution < 1.29 is 27.4 Å². The van der Waals surface area contributed by atoms with Crippen molar-refractivity contribution in [1.82, 2.24) is 10.2 Å². The molecule has 0 atom stereocenters. The second-order valence-corrected chi connectivity index (χ2v) is 7.05. The van der Waals surface area contributed by atoms with Crippen molar-refractivity contribution in [2.24, 2.45) is 0 Å². The Kier molecular flexibility index (Phi) is 5.87. The van der Waals surface area contributed by atoms with Gasteiger partial charge in [0.05, 0.1) is 25.3 Å². The van der Waals surface area contributed by atoms with Crippen LogP contribution in [-0.4, -0.2) is 30.4 Å². The van der Waals surface area contributed by atoms with Crippen LogP contribution in [0.15, 0.2) is 66.7 Å². The Balaban J connectivity index is 1.74. The average molecular weight is 453 g/mol. The molecule has 0 spiro atoms. The van der Waals surface area contributed by atoms with Crippen LogP contribution < -0.4 is 10.1 Å². The van der Waals surface area contributed by atoms with Crippen molar-refractivity contribution in [3.8, 4) is 17.0 Å². The molecule has 0 fully saturated rings. The van der Waals surface area contributed by atoms with E-state index < -0.39 is 17.7 Å². The number of aromatic nitrogens is 2. The molecule has 4 rings (SSSR count). The number of alkyl halides is 3. The summed E-state index contributed by atoms with van der Waals surface area (Å²) < 4.78 is 49.7. The Hall–Kier alpha value is -4.14. The predicted octanol–water partition coefficient (Wildman–Crippen LogP) is 5.85. The van der Waals surface area contributed by atoms with E-state index in [-0.39, 0.29) is 11.4 Å². The summed E-state index contributed by atoms with van der Waals surface area (Å²) in [5.74, 6) is -0.414. The molecule has 0 saturated heterocycles. The molecule has 0 bridgehead atoms. The minimum Gasteiger partial charge on any atom is -0.496 e. The second kappa shape index (κ2) is 8.78. The molecule has 6 nitrogen and oxygen atoms in total. The van der Waals surface area contributed by atoms with Gasteiger partial charge in [-0.25, -0.2) is 4.79 Å². The van der Waals surface area contributed by atoms with E-state index in [0.29, 0.717) is 22.5 Å².